The fourth-order valence-corrected chi connectivity index (χ4v) is 4.63. The van der Waals surface area contributed by atoms with Crippen molar-refractivity contribution in [2.45, 2.75) is 19.3 Å². The van der Waals surface area contributed by atoms with Crippen molar-refractivity contribution in [3.8, 4) is 5.75 Å². The monoisotopic (exact) mass is 441 g/mol. The van der Waals surface area contributed by atoms with Crippen molar-refractivity contribution >= 4 is 17.7 Å². The largest absolute Gasteiger partial charge is 0.489 e. The summed E-state index contributed by atoms with van der Waals surface area (Å²) in [6.07, 6.45) is 5.86. The number of likely N-dealkylation sites (tertiary alicyclic amines) is 1. The summed E-state index contributed by atoms with van der Waals surface area (Å²) < 4.78 is 11.2. The van der Waals surface area contributed by atoms with Gasteiger partial charge in [0.15, 0.2) is 0 Å². The number of nitrogens with one attached hydrogen (secondary N) is 1. The highest BCUT2D eigenvalue weighted by Gasteiger charge is 2.52. The molecule has 4 rings (SSSR count). The summed E-state index contributed by atoms with van der Waals surface area (Å²) in [5, 5.41) is 2.87. The Bertz CT molecular complexity index is 887. The van der Waals surface area contributed by atoms with Crippen molar-refractivity contribution in [2.75, 3.05) is 53.0 Å². The van der Waals surface area contributed by atoms with Gasteiger partial charge in [0.2, 0.25) is 11.8 Å². The number of likely N-dealkylation sites (N-methyl/N-ethyl adjacent to an activating group) is 1. The Hall–Kier alpha value is -2.87. The van der Waals surface area contributed by atoms with E-state index in [0.717, 1.165) is 12.8 Å². The lowest BCUT2D eigenvalue weighted by atomic mass is 9.74. The summed E-state index contributed by atoms with van der Waals surface area (Å²) in [7, 11) is 1.76. The molecule has 1 aromatic rings. The van der Waals surface area contributed by atoms with Crippen LogP contribution in [0.1, 0.15) is 29.6 Å². The first-order chi connectivity index (χ1) is 15.5. The molecule has 0 aromatic heterocycles. The third kappa shape index (κ3) is 4.65. The molecule has 0 saturated carbocycles. The lowest BCUT2D eigenvalue weighted by molar-refractivity contribution is -0.163. The quantitative estimate of drug-likeness (QED) is 0.667. The fourth-order valence-electron chi connectivity index (χ4n) is 4.63. The molecule has 0 radical (unpaired) electrons. The molecule has 3 amide bonds. The molecule has 1 spiro atoms. The maximum absolute atomic E-state index is 13.3. The van der Waals surface area contributed by atoms with Gasteiger partial charge in [0, 0.05) is 52.4 Å². The molecule has 8 nitrogen and oxygen atoms in total. The van der Waals surface area contributed by atoms with Crippen molar-refractivity contribution in [3.05, 3.63) is 42.0 Å². The number of benzene rings is 1. The molecule has 2 saturated heterocycles. The third-order valence-corrected chi connectivity index (χ3v) is 6.54. The topological polar surface area (TPSA) is 88.2 Å². The number of allylic oxidation sites excluding steroid dienone is 1. The Morgan fingerprint density at radius 3 is 2.66 bits per heavy atom. The van der Waals surface area contributed by atoms with Crippen molar-refractivity contribution in [3.63, 3.8) is 0 Å². The van der Waals surface area contributed by atoms with E-state index in [1.165, 1.54) is 0 Å². The van der Waals surface area contributed by atoms with Gasteiger partial charge in [-0.25, -0.2) is 0 Å². The van der Waals surface area contributed by atoms with Crippen LogP contribution in [0.2, 0.25) is 0 Å². The van der Waals surface area contributed by atoms with Gasteiger partial charge in [-0.3, -0.25) is 14.4 Å². The van der Waals surface area contributed by atoms with E-state index in [0.29, 0.717) is 63.7 Å². The maximum atomic E-state index is 13.3. The summed E-state index contributed by atoms with van der Waals surface area (Å²) in [6, 6.07) is 7.13. The average molecular weight is 442 g/mol. The zero-order chi connectivity index (χ0) is 22.6. The number of hydrogen-bond donors (Lipinski definition) is 1. The highest BCUT2D eigenvalue weighted by atomic mass is 16.5. The first kappa shape index (κ1) is 22.3. The zero-order valence-electron chi connectivity index (χ0n) is 18.5. The van der Waals surface area contributed by atoms with Gasteiger partial charge < -0.3 is 24.6 Å². The molecule has 32 heavy (non-hydrogen) atoms. The Balaban J connectivity index is 1.46. The van der Waals surface area contributed by atoms with Crippen LogP contribution >= 0.6 is 0 Å². The van der Waals surface area contributed by atoms with Crippen molar-refractivity contribution < 1.29 is 23.9 Å². The van der Waals surface area contributed by atoms with E-state index in [1.54, 1.807) is 30.1 Å². The Morgan fingerprint density at radius 2 is 1.88 bits per heavy atom. The van der Waals surface area contributed by atoms with Crippen LogP contribution in [0, 0.1) is 11.3 Å². The normalized spacial score (nSPS) is 23.4. The molecule has 0 unspecified atom stereocenters. The van der Waals surface area contributed by atoms with E-state index >= 15 is 0 Å². The summed E-state index contributed by atoms with van der Waals surface area (Å²) >= 11 is 0. The zero-order valence-corrected chi connectivity index (χ0v) is 18.5. The predicted octanol–water partition coefficient (Wildman–Crippen LogP) is 1.47. The third-order valence-electron chi connectivity index (χ3n) is 6.54. The lowest BCUT2D eigenvalue weighted by Crippen LogP contribution is -2.65. The molecule has 1 N–H and O–H groups in total. The van der Waals surface area contributed by atoms with Gasteiger partial charge in [-0.2, -0.15) is 0 Å². The molecule has 8 heteroatoms. The summed E-state index contributed by atoms with van der Waals surface area (Å²) in [5.41, 5.74) is -0.150. The van der Waals surface area contributed by atoms with Gasteiger partial charge in [0.05, 0.1) is 11.0 Å². The van der Waals surface area contributed by atoms with E-state index in [4.69, 9.17) is 9.47 Å². The second-order valence-electron chi connectivity index (χ2n) is 8.83. The molecule has 0 aliphatic carbocycles. The number of nitrogens with zero attached hydrogens (tertiary/aromatic N) is 2. The van der Waals surface area contributed by atoms with E-state index < -0.39 is 5.41 Å². The van der Waals surface area contributed by atoms with Gasteiger partial charge in [-0.05, 0) is 31.4 Å². The van der Waals surface area contributed by atoms with Crippen LogP contribution in [0.25, 0.3) is 0 Å². The minimum absolute atomic E-state index is 0.00537. The molecule has 0 bridgehead atoms. The minimum atomic E-state index is -0.627. The van der Waals surface area contributed by atoms with Crippen LogP contribution in [0.5, 0.6) is 5.75 Å². The van der Waals surface area contributed by atoms with E-state index in [2.05, 4.69) is 5.32 Å². The van der Waals surface area contributed by atoms with Gasteiger partial charge in [-0.1, -0.05) is 24.3 Å². The number of ether oxygens (including phenoxy) is 2. The maximum Gasteiger partial charge on any atom is 0.255 e. The Kier molecular flexibility index (Phi) is 6.79. The molecule has 1 aromatic carbocycles. The second-order valence-corrected chi connectivity index (χ2v) is 8.83. The van der Waals surface area contributed by atoms with Crippen molar-refractivity contribution in [1.82, 2.24) is 15.1 Å². The SMILES string of the molecule is CN1CCNC(=O)c2ccccc2OC/C=C/CC2(CN(C(=O)C3CCOCC3)C2)C1=O. The number of rotatable bonds is 1. The molecular formula is C24H31N3O5. The minimum Gasteiger partial charge on any atom is -0.489 e. The number of para-hydroxylation sites is 1. The van der Waals surface area contributed by atoms with Gasteiger partial charge >= 0.3 is 0 Å². The number of hydrogen-bond acceptors (Lipinski definition) is 5. The van der Waals surface area contributed by atoms with Crippen LogP contribution < -0.4 is 10.1 Å². The number of amides is 3. The Labute approximate surface area is 188 Å². The van der Waals surface area contributed by atoms with Gasteiger partial charge in [0.1, 0.15) is 12.4 Å². The van der Waals surface area contributed by atoms with Crippen LogP contribution in [0.4, 0.5) is 0 Å². The fraction of sp³-hybridized carbons (Fsp3) is 0.542. The lowest BCUT2D eigenvalue weighted by Gasteiger charge is -2.51. The van der Waals surface area contributed by atoms with Crippen molar-refractivity contribution in [1.29, 1.82) is 0 Å². The molecule has 2 fully saturated rings. The molecule has 3 aliphatic heterocycles. The smallest absolute Gasteiger partial charge is 0.255 e. The molecule has 172 valence electrons. The molecule has 0 atom stereocenters. The van der Waals surface area contributed by atoms with Gasteiger partial charge in [0.25, 0.3) is 5.91 Å². The average Bonchev–Trinajstić information content (AvgIpc) is 2.79. The van der Waals surface area contributed by atoms with Gasteiger partial charge in [-0.15, -0.1) is 0 Å². The second kappa shape index (κ2) is 9.73. The van der Waals surface area contributed by atoms with E-state index in [-0.39, 0.29) is 23.6 Å². The summed E-state index contributed by atoms with van der Waals surface area (Å²) in [4.78, 5) is 42.2. The van der Waals surface area contributed by atoms with E-state index in [9.17, 15) is 14.4 Å². The predicted molar refractivity (Wildman–Crippen MR) is 118 cm³/mol. The van der Waals surface area contributed by atoms with Crippen molar-refractivity contribution in [2.24, 2.45) is 11.3 Å². The highest BCUT2D eigenvalue weighted by Crippen LogP contribution is 2.38. The number of carbonyl (C=O) groups is 3. The van der Waals surface area contributed by atoms with Crippen LogP contribution in [0.3, 0.4) is 0 Å². The Morgan fingerprint density at radius 1 is 1.12 bits per heavy atom. The molecule has 3 heterocycles. The van der Waals surface area contributed by atoms with Crippen LogP contribution in [-0.2, 0) is 14.3 Å². The first-order valence-electron chi connectivity index (χ1n) is 11.3. The standard InChI is InChI=1S/C24H31N3O5/c1-26-12-11-25-21(28)19-6-2-3-7-20(19)32-13-5-4-10-24(23(26)30)16-27(17-24)22(29)18-8-14-31-15-9-18/h2-7,18H,8-17H2,1H3,(H,25,28)/b5-4+. The van der Waals surface area contributed by atoms with Crippen LogP contribution in [0.15, 0.2) is 36.4 Å². The molecule has 3 aliphatic rings. The molecular weight excluding hydrogens is 410 g/mol. The van der Waals surface area contributed by atoms with Crippen LogP contribution in [-0.4, -0.2) is 80.6 Å². The van der Waals surface area contributed by atoms with E-state index in [1.807, 2.05) is 23.1 Å². The number of carbonyl (C=O) groups excluding carboxylic acids is 3. The summed E-state index contributed by atoms with van der Waals surface area (Å²) in [5.74, 6) is 0.430. The highest BCUT2D eigenvalue weighted by molar-refractivity contribution is 5.97. The first-order valence-corrected chi connectivity index (χ1v) is 11.3. The number of fused-ring (bicyclic) bond motifs is 1. The summed E-state index contributed by atoms with van der Waals surface area (Å²) in [6.45, 7) is 3.12.